The van der Waals surface area contributed by atoms with Gasteiger partial charge in [0.2, 0.25) is 10.0 Å². The van der Waals surface area contributed by atoms with Crippen molar-refractivity contribution in [2.75, 3.05) is 0 Å². The predicted molar refractivity (Wildman–Crippen MR) is 75.3 cm³/mol. The molecule has 1 aromatic carbocycles. The minimum Gasteiger partial charge on any atom is -0.207 e. The van der Waals surface area contributed by atoms with Gasteiger partial charge in [0.15, 0.2) is 4.90 Å². The lowest BCUT2D eigenvalue weighted by molar-refractivity contribution is 0.360. The third-order valence-corrected chi connectivity index (χ3v) is 4.67. The third kappa shape index (κ3) is 3.66. The van der Waals surface area contributed by atoms with Crippen molar-refractivity contribution in [2.24, 2.45) is 5.92 Å². The molecule has 22 heavy (non-hydrogen) atoms. The number of sulfonamides is 1. The number of hydrogen-bond acceptors (Lipinski definition) is 4. The predicted octanol–water partition coefficient (Wildman–Crippen LogP) is 1.56. The molecule has 0 amide bonds. The normalized spacial score (nSPS) is 13.5. The Hall–Kier alpha value is -1.87. The van der Waals surface area contributed by atoms with E-state index in [1.807, 2.05) is 0 Å². The van der Waals surface area contributed by atoms with E-state index in [2.05, 4.69) is 14.9 Å². The zero-order valence-corrected chi connectivity index (χ0v) is 12.9. The molecule has 1 heterocycles. The molecule has 2 rings (SSSR count). The first-order chi connectivity index (χ1) is 10.3. The fourth-order valence-corrected chi connectivity index (χ4v) is 3.41. The zero-order chi connectivity index (χ0) is 16.3. The van der Waals surface area contributed by atoms with E-state index in [0.29, 0.717) is 0 Å². The van der Waals surface area contributed by atoms with Gasteiger partial charge in [0.05, 0.1) is 18.9 Å². The largest absolute Gasteiger partial charge is 0.246 e. The monoisotopic (exact) mass is 330 g/mol. The van der Waals surface area contributed by atoms with E-state index < -0.39 is 32.6 Å². The number of benzene rings is 1. The van der Waals surface area contributed by atoms with E-state index in [1.54, 1.807) is 13.8 Å². The highest BCUT2D eigenvalue weighted by Gasteiger charge is 2.28. The molecule has 0 aliphatic carbocycles. The van der Waals surface area contributed by atoms with Crippen molar-refractivity contribution in [1.29, 1.82) is 0 Å². The Kier molecular flexibility index (Phi) is 4.87. The fraction of sp³-hybridized carbons (Fsp3) is 0.385. The molecule has 1 atom stereocenters. The second-order valence-electron chi connectivity index (χ2n) is 5.11. The standard InChI is InChI=1S/C13H16F2N4O2S/c1-9(2)12(8-19-16-6-7-17-19)18-22(20,21)13-10(14)4-3-5-11(13)15/h3-7,9,12,18H,8H2,1-2H3. The summed E-state index contributed by atoms with van der Waals surface area (Å²) in [6, 6.07) is 2.29. The second-order valence-corrected chi connectivity index (χ2v) is 6.76. The molecule has 1 aromatic heterocycles. The molecule has 0 fully saturated rings. The van der Waals surface area contributed by atoms with E-state index in [0.717, 1.165) is 18.2 Å². The lowest BCUT2D eigenvalue weighted by atomic mass is 10.1. The number of aromatic nitrogens is 3. The summed E-state index contributed by atoms with van der Waals surface area (Å²) in [7, 11) is -4.34. The van der Waals surface area contributed by atoms with Crippen molar-refractivity contribution in [3.8, 4) is 0 Å². The van der Waals surface area contributed by atoms with Gasteiger partial charge in [0.25, 0.3) is 0 Å². The smallest absolute Gasteiger partial charge is 0.207 e. The van der Waals surface area contributed by atoms with Crippen molar-refractivity contribution < 1.29 is 17.2 Å². The van der Waals surface area contributed by atoms with Crippen LogP contribution in [0.15, 0.2) is 35.5 Å². The summed E-state index contributed by atoms with van der Waals surface area (Å²) >= 11 is 0. The van der Waals surface area contributed by atoms with Crippen LogP contribution in [0.5, 0.6) is 0 Å². The maximum absolute atomic E-state index is 13.7. The summed E-state index contributed by atoms with van der Waals surface area (Å²) in [5.74, 6) is -2.39. The van der Waals surface area contributed by atoms with Gasteiger partial charge in [0, 0.05) is 6.04 Å². The van der Waals surface area contributed by atoms with Gasteiger partial charge >= 0.3 is 0 Å². The summed E-state index contributed by atoms with van der Waals surface area (Å²) in [5.41, 5.74) is 0. The Morgan fingerprint density at radius 2 is 1.73 bits per heavy atom. The first-order valence-corrected chi connectivity index (χ1v) is 8.10. The van der Waals surface area contributed by atoms with E-state index >= 15 is 0 Å². The number of hydrogen-bond donors (Lipinski definition) is 1. The maximum Gasteiger partial charge on any atom is 0.246 e. The van der Waals surface area contributed by atoms with Gasteiger partial charge in [0.1, 0.15) is 11.6 Å². The molecule has 6 nitrogen and oxygen atoms in total. The van der Waals surface area contributed by atoms with Gasteiger partial charge in [-0.25, -0.2) is 21.9 Å². The maximum atomic E-state index is 13.7. The molecule has 1 N–H and O–H groups in total. The second kappa shape index (κ2) is 6.49. The van der Waals surface area contributed by atoms with Crippen molar-refractivity contribution in [1.82, 2.24) is 19.7 Å². The third-order valence-electron chi connectivity index (χ3n) is 3.13. The first-order valence-electron chi connectivity index (χ1n) is 6.61. The SMILES string of the molecule is CC(C)C(Cn1nccn1)NS(=O)(=O)c1c(F)cccc1F. The lowest BCUT2D eigenvalue weighted by Crippen LogP contribution is -2.42. The van der Waals surface area contributed by atoms with E-state index in [1.165, 1.54) is 17.2 Å². The number of nitrogens with one attached hydrogen (secondary N) is 1. The topological polar surface area (TPSA) is 76.9 Å². The van der Waals surface area contributed by atoms with E-state index in [9.17, 15) is 17.2 Å². The molecule has 120 valence electrons. The van der Waals surface area contributed by atoms with Gasteiger partial charge in [-0.3, -0.25) is 0 Å². The van der Waals surface area contributed by atoms with Crippen LogP contribution in [0.25, 0.3) is 0 Å². The van der Waals surface area contributed by atoms with E-state index in [-0.39, 0.29) is 12.5 Å². The Balaban J connectivity index is 2.28. The van der Waals surface area contributed by atoms with Crippen LogP contribution in [-0.2, 0) is 16.6 Å². The van der Waals surface area contributed by atoms with Crippen LogP contribution in [0, 0.1) is 17.6 Å². The van der Waals surface area contributed by atoms with Gasteiger partial charge in [-0.05, 0) is 18.1 Å². The van der Waals surface area contributed by atoms with Crippen LogP contribution < -0.4 is 4.72 Å². The van der Waals surface area contributed by atoms with Crippen LogP contribution in [0.4, 0.5) is 8.78 Å². The molecule has 0 aliphatic heterocycles. The lowest BCUT2D eigenvalue weighted by Gasteiger charge is -2.22. The molecule has 0 bridgehead atoms. The van der Waals surface area contributed by atoms with Crippen LogP contribution in [-0.4, -0.2) is 29.5 Å². The minimum atomic E-state index is -4.34. The highest BCUT2D eigenvalue weighted by molar-refractivity contribution is 7.89. The van der Waals surface area contributed by atoms with Crippen molar-refractivity contribution in [3.63, 3.8) is 0 Å². The highest BCUT2D eigenvalue weighted by atomic mass is 32.2. The number of nitrogens with zero attached hydrogens (tertiary/aromatic N) is 3. The average Bonchev–Trinajstić information content (AvgIpc) is 2.90. The summed E-state index contributed by atoms with van der Waals surface area (Å²) in [6.45, 7) is 3.72. The average molecular weight is 330 g/mol. The quantitative estimate of drug-likeness (QED) is 0.872. The van der Waals surface area contributed by atoms with Gasteiger partial charge < -0.3 is 0 Å². The number of halogens is 2. The van der Waals surface area contributed by atoms with Gasteiger partial charge in [-0.2, -0.15) is 15.0 Å². The molecule has 0 radical (unpaired) electrons. The van der Waals surface area contributed by atoms with Crippen molar-refractivity contribution in [3.05, 3.63) is 42.2 Å². The van der Waals surface area contributed by atoms with Crippen LogP contribution in [0.3, 0.4) is 0 Å². The minimum absolute atomic E-state index is 0.129. The molecule has 0 spiro atoms. The Morgan fingerprint density at radius 3 is 2.23 bits per heavy atom. The zero-order valence-electron chi connectivity index (χ0n) is 12.1. The molecule has 2 aromatic rings. The summed E-state index contributed by atoms with van der Waals surface area (Å²) < 4.78 is 54.2. The van der Waals surface area contributed by atoms with Crippen LogP contribution in [0.1, 0.15) is 13.8 Å². The molecular formula is C13H16F2N4O2S. The summed E-state index contributed by atoms with van der Waals surface area (Å²) in [6.07, 6.45) is 2.92. The van der Waals surface area contributed by atoms with E-state index in [4.69, 9.17) is 0 Å². The first kappa shape index (κ1) is 16.5. The Labute approximate surface area is 127 Å². The van der Waals surface area contributed by atoms with Crippen LogP contribution >= 0.6 is 0 Å². The molecule has 1 unspecified atom stereocenters. The molecule has 0 saturated heterocycles. The Bertz CT molecular complexity index is 712. The highest BCUT2D eigenvalue weighted by Crippen LogP contribution is 2.19. The van der Waals surface area contributed by atoms with Crippen LogP contribution in [0.2, 0.25) is 0 Å². The molecular weight excluding hydrogens is 314 g/mol. The Morgan fingerprint density at radius 1 is 1.18 bits per heavy atom. The molecule has 9 heteroatoms. The van der Waals surface area contributed by atoms with Gasteiger partial charge in [-0.1, -0.05) is 19.9 Å². The summed E-state index contributed by atoms with van der Waals surface area (Å²) in [5, 5.41) is 7.80. The van der Waals surface area contributed by atoms with Crippen molar-refractivity contribution >= 4 is 10.0 Å². The van der Waals surface area contributed by atoms with Crippen molar-refractivity contribution in [2.45, 2.75) is 31.3 Å². The molecule has 0 aliphatic rings. The fourth-order valence-electron chi connectivity index (χ4n) is 1.90. The van der Waals surface area contributed by atoms with Gasteiger partial charge in [-0.15, -0.1) is 0 Å². The molecule has 0 saturated carbocycles. The number of rotatable bonds is 6. The summed E-state index contributed by atoms with van der Waals surface area (Å²) in [4.78, 5) is 0.333.